The SMILES string of the molecule is CC(C)(C)OC(=O)N1C[C@@H]2C(CCNC(=O)C3=CN4C=CSC4C=C3)[C@@H]2C1. The van der Waals surface area contributed by atoms with E-state index in [4.69, 9.17) is 4.74 Å². The monoisotopic (exact) mass is 389 g/mol. The minimum atomic E-state index is -0.445. The molecule has 0 radical (unpaired) electrons. The fourth-order valence-corrected chi connectivity index (χ4v) is 4.95. The van der Waals surface area contributed by atoms with Crippen molar-refractivity contribution < 1.29 is 14.3 Å². The number of amides is 2. The number of hydrogen-bond acceptors (Lipinski definition) is 5. The van der Waals surface area contributed by atoms with Crippen LogP contribution < -0.4 is 5.32 Å². The Kier molecular flexibility index (Phi) is 4.74. The summed E-state index contributed by atoms with van der Waals surface area (Å²) in [6, 6.07) is 0. The van der Waals surface area contributed by atoms with Crippen LogP contribution in [0.4, 0.5) is 4.79 Å². The van der Waals surface area contributed by atoms with E-state index in [1.54, 1.807) is 11.8 Å². The molecule has 1 saturated heterocycles. The van der Waals surface area contributed by atoms with Gasteiger partial charge >= 0.3 is 6.09 Å². The highest BCUT2D eigenvalue weighted by atomic mass is 32.2. The first-order valence-corrected chi connectivity index (χ1v) is 10.5. The smallest absolute Gasteiger partial charge is 0.410 e. The van der Waals surface area contributed by atoms with E-state index in [2.05, 4.69) is 16.3 Å². The van der Waals surface area contributed by atoms with Gasteiger partial charge in [-0.2, -0.15) is 0 Å². The summed E-state index contributed by atoms with van der Waals surface area (Å²) in [6.07, 6.45) is 8.62. The molecule has 3 aliphatic heterocycles. The molecule has 4 aliphatic rings. The molecule has 2 amide bonds. The zero-order valence-corrected chi connectivity index (χ0v) is 16.9. The molecule has 0 aromatic rings. The van der Waals surface area contributed by atoms with Gasteiger partial charge in [0.05, 0.1) is 5.57 Å². The number of ether oxygens (including phenoxy) is 1. The summed E-state index contributed by atoms with van der Waals surface area (Å²) >= 11 is 1.73. The Bertz CT molecular complexity index is 712. The summed E-state index contributed by atoms with van der Waals surface area (Å²) in [5.74, 6) is 1.73. The number of fused-ring (bicyclic) bond motifs is 2. The molecule has 2 unspecified atom stereocenters. The van der Waals surface area contributed by atoms with E-state index < -0.39 is 5.60 Å². The van der Waals surface area contributed by atoms with Gasteiger partial charge in [-0.05, 0) is 56.4 Å². The average Bonchev–Trinajstić information content (AvgIpc) is 2.99. The van der Waals surface area contributed by atoms with Gasteiger partial charge in [-0.3, -0.25) is 4.79 Å². The predicted octanol–water partition coefficient (Wildman–Crippen LogP) is 2.91. The fraction of sp³-hybridized carbons (Fsp3) is 0.600. The van der Waals surface area contributed by atoms with E-state index in [1.807, 2.05) is 49.6 Å². The van der Waals surface area contributed by atoms with Crippen molar-refractivity contribution in [2.24, 2.45) is 17.8 Å². The number of nitrogens with one attached hydrogen (secondary N) is 1. The molecule has 4 atom stereocenters. The molecule has 1 saturated carbocycles. The van der Waals surface area contributed by atoms with Crippen LogP contribution in [0.25, 0.3) is 0 Å². The van der Waals surface area contributed by atoms with Crippen LogP contribution in [0.5, 0.6) is 0 Å². The number of carbonyl (C=O) groups excluding carboxylic acids is 2. The third-order valence-corrected chi connectivity index (χ3v) is 6.48. The second kappa shape index (κ2) is 6.93. The highest BCUT2D eigenvalue weighted by Crippen LogP contribution is 2.53. The lowest BCUT2D eigenvalue weighted by atomic mass is 10.1. The molecule has 3 heterocycles. The van der Waals surface area contributed by atoms with E-state index in [-0.39, 0.29) is 12.0 Å². The van der Waals surface area contributed by atoms with Crippen molar-refractivity contribution in [1.29, 1.82) is 0 Å². The number of rotatable bonds is 4. The summed E-state index contributed by atoms with van der Waals surface area (Å²) < 4.78 is 5.44. The van der Waals surface area contributed by atoms with E-state index in [9.17, 15) is 9.59 Å². The van der Waals surface area contributed by atoms with Crippen molar-refractivity contribution in [3.05, 3.63) is 35.5 Å². The summed E-state index contributed by atoms with van der Waals surface area (Å²) in [5, 5.41) is 5.37. The van der Waals surface area contributed by atoms with Crippen LogP contribution in [0.15, 0.2) is 35.5 Å². The lowest BCUT2D eigenvalue weighted by Crippen LogP contribution is -2.37. The second-order valence-electron chi connectivity index (χ2n) is 8.62. The minimum absolute atomic E-state index is 0.0174. The molecule has 0 bridgehead atoms. The van der Waals surface area contributed by atoms with Crippen LogP contribution in [-0.4, -0.2) is 52.4 Å². The maximum absolute atomic E-state index is 12.4. The fourth-order valence-electron chi connectivity index (χ4n) is 4.13. The van der Waals surface area contributed by atoms with Gasteiger partial charge < -0.3 is 19.9 Å². The van der Waals surface area contributed by atoms with Gasteiger partial charge in [0.1, 0.15) is 11.0 Å². The third kappa shape index (κ3) is 4.03. The largest absolute Gasteiger partial charge is 0.444 e. The molecule has 2 fully saturated rings. The summed E-state index contributed by atoms with van der Waals surface area (Å²) in [4.78, 5) is 28.3. The van der Waals surface area contributed by atoms with Gasteiger partial charge in [0, 0.05) is 32.0 Å². The predicted molar refractivity (Wildman–Crippen MR) is 105 cm³/mol. The van der Waals surface area contributed by atoms with Crippen molar-refractivity contribution >= 4 is 23.8 Å². The van der Waals surface area contributed by atoms with Gasteiger partial charge in [0.15, 0.2) is 0 Å². The van der Waals surface area contributed by atoms with Crippen LogP contribution in [0.3, 0.4) is 0 Å². The van der Waals surface area contributed by atoms with Crippen molar-refractivity contribution in [3.8, 4) is 0 Å². The number of piperidine rings is 1. The number of likely N-dealkylation sites (tertiary alicyclic amines) is 1. The zero-order valence-electron chi connectivity index (χ0n) is 16.1. The standard InChI is InChI=1S/C20H27N3O3S/c1-20(2,3)26-19(25)23-11-15-14(16(15)12-23)6-7-21-18(24)13-4-5-17-22(10-13)8-9-27-17/h4-5,8-10,14-17H,6-7,11-12H2,1-3H3,(H,21,24)/t14?,15-,16+,17?. The molecule has 1 aliphatic carbocycles. The topological polar surface area (TPSA) is 61.9 Å². The molecule has 7 heteroatoms. The Morgan fingerprint density at radius 3 is 2.74 bits per heavy atom. The van der Waals surface area contributed by atoms with Gasteiger partial charge in [-0.25, -0.2) is 4.79 Å². The van der Waals surface area contributed by atoms with Crippen LogP contribution in [0, 0.1) is 17.8 Å². The van der Waals surface area contributed by atoms with Crippen molar-refractivity contribution in [2.75, 3.05) is 19.6 Å². The maximum Gasteiger partial charge on any atom is 0.410 e. The van der Waals surface area contributed by atoms with Gasteiger partial charge in [-0.15, -0.1) is 11.8 Å². The van der Waals surface area contributed by atoms with Crippen molar-refractivity contribution in [3.63, 3.8) is 0 Å². The molecule has 1 N–H and O–H groups in total. The highest BCUT2D eigenvalue weighted by molar-refractivity contribution is 8.03. The number of carbonyl (C=O) groups is 2. The quantitative estimate of drug-likeness (QED) is 0.801. The molecular weight excluding hydrogens is 362 g/mol. The summed E-state index contributed by atoms with van der Waals surface area (Å²) in [6.45, 7) is 7.93. The van der Waals surface area contributed by atoms with Gasteiger partial charge in [0.25, 0.3) is 5.91 Å². The number of thioether (sulfide) groups is 1. The third-order valence-electron chi connectivity index (χ3n) is 5.52. The Hall–Kier alpha value is -1.89. The van der Waals surface area contributed by atoms with E-state index >= 15 is 0 Å². The zero-order chi connectivity index (χ0) is 19.2. The van der Waals surface area contributed by atoms with Gasteiger partial charge in [-0.1, -0.05) is 6.08 Å². The van der Waals surface area contributed by atoms with Crippen LogP contribution in [-0.2, 0) is 9.53 Å². The minimum Gasteiger partial charge on any atom is -0.444 e. The van der Waals surface area contributed by atoms with Crippen molar-refractivity contribution in [2.45, 2.75) is 38.2 Å². The van der Waals surface area contributed by atoms with E-state index in [1.165, 1.54) is 0 Å². The lowest BCUT2D eigenvalue weighted by molar-refractivity contribution is -0.117. The van der Waals surface area contributed by atoms with E-state index in [0.717, 1.165) is 19.5 Å². The first-order valence-electron chi connectivity index (χ1n) is 9.57. The van der Waals surface area contributed by atoms with E-state index in [0.29, 0.717) is 35.2 Å². The Balaban J connectivity index is 1.17. The van der Waals surface area contributed by atoms with Crippen LogP contribution >= 0.6 is 11.8 Å². The molecule has 0 aromatic heterocycles. The summed E-state index contributed by atoms with van der Waals surface area (Å²) in [5.41, 5.74) is 0.254. The first-order chi connectivity index (χ1) is 12.8. The molecule has 27 heavy (non-hydrogen) atoms. The van der Waals surface area contributed by atoms with Gasteiger partial charge in [0.2, 0.25) is 0 Å². The average molecular weight is 390 g/mol. The number of nitrogens with zero attached hydrogens (tertiary/aromatic N) is 2. The normalized spacial score (nSPS) is 30.7. The molecule has 0 aromatic carbocycles. The second-order valence-corrected chi connectivity index (χ2v) is 9.65. The molecule has 6 nitrogen and oxygen atoms in total. The maximum atomic E-state index is 12.4. The number of hydrogen-bond donors (Lipinski definition) is 1. The summed E-state index contributed by atoms with van der Waals surface area (Å²) in [7, 11) is 0. The first kappa shape index (κ1) is 18.5. The Labute approximate surface area is 164 Å². The Morgan fingerprint density at radius 2 is 2.04 bits per heavy atom. The molecule has 146 valence electrons. The molecule has 4 rings (SSSR count). The van der Waals surface area contributed by atoms with Crippen molar-refractivity contribution in [1.82, 2.24) is 15.1 Å². The Morgan fingerprint density at radius 1 is 1.30 bits per heavy atom. The van der Waals surface area contributed by atoms with Crippen LogP contribution in [0.1, 0.15) is 27.2 Å². The molecule has 0 spiro atoms. The lowest BCUT2D eigenvalue weighted by Gasteiger charge is -2.26. The highest BCUT2D eigenvalue weighted by Gasteiger charge is 2.56. The molecular formula is C20H27N3O3S. The van der Waals surface area contributed by atoms with Crippen LogP contribution in [0.2, 0.25) is 0 Å².